The number of likely N-dealkylation sites (tertiary alicyclic amines) is 1. The van der Waals surface area contributed by atoms with Crippen molar-refractivity contribution in [1.29, 1.82) is 0 Å². The van der Waals surface area contributed by atoms with Gasteiger partial charge in [0.05, 0.1) is 35.7 Å². The molecule has 0 saturated carbocycles. The van der Waals surface area contributed by atoms with Gasteiger partial charge < -0.3 is 10.1 Å². The second-order valence-electron chi connectivity index (χ2n) is 7.98. The summed E-state index contributed by atoms with van der Waals surface area (Å²) in [5.41, 5.74) is 1.69. The van der Waals surface area contributed by atoms with E-state index in [0.29, 0.717) is 16.6 Å². The number of benzene rings is 1. The zero-order valence-electron chi connectivity index (χ0n) is 18.1. The van der Waals surface area contributed by atoms with Gasteiger partial charge in [-0.05, 0) is 31.6 Å². The summed E-state index contributed by atoms with van der Waals surface area (Å²) in [5, 5.41) is 14.4. The van der Waals surface area contributed by atoms with Crippen molar-refractivity contribution >= 4 is 22.5 Å². The van der Waals surface area contributed by atoms with Crippen LogP contribution in [0.3, 0.4) is 0 Å². The van der Waals surface area contributed by atoms with Crippen molar-refractivity contribution in [3.63, 3.8) is 0 Å². The molecule has 2 N–H and O–H groups in total. The summed E-state index contributed by atoms with van der Waals surface area (Å²) in [6, 6.07) is 3.77. The number of aryl methyl sites for hydroxylation is 1. The number of hydrogen-bond donors (Lipinski definition) is 2. The first-order chi connectivity index (χ1) is 16.4. The molecule has 4 aromatic rings. The minimum absolute atomic E-state index is 0.0165. The van der Waals surface area contributed by atoms with Gasteiger partial charge in [-0.3, -0.25) is 24.5 Å². The third kappa shape index (κ3) is 4.31. The molecule has 12 heteroatoms. The van der Waals surface area contributed by atoms with Crippen LogP contribution in [0.5, 0.6) is 5.75 Å². The summed E-state index contributed by atoms with van der Waals surface area (Å²) in [4.78, 5) is 18.3. The highest BCUT2D eigenvalue weighted by Gasteiger charge is 2.22. The van der Waals surface area contributed by atoms with Crippen LogP contribution in [0, 0.1) is 5.82 Å². The molecule has 0 unspecified atom stereocenters. The molecule has 9 nitrogen and oxygen atoms in total. The van der Waals surface area contributed by atoms with E-state index in [0.717, 1.165) is 31.1 Å². The maximum absolute atomic E-state index is 15.2. The summed E-state index contributed by atoms with van der Waals surface area (Å²) < 4.78 is 47.8. The lowest BCUT2D eigenvalue weighted by molar-refractivity contribution is -0.118. The monoisotopic (exact) mass is 471 g/mol. The summed E-state index contributed by atoms with van der Waals surface area (Å²) in [6.45, 7) is -1.44. The van der Waals surface area contributed by atoms with Crippen LogP contribution in [-0.2, 0) is 11.8 Å². The first-order valence-corrected chi connectivity index (χ1v) is 10.5. The Bertz CT molecular complexity index is 1360. The number of carbonyl (C=O) groups is 1. The number of alkyl halides is 2. The molecule has 5 rings (SSSR count). The highest BCUT2D eigenvalue weighted by molar-refractivity contribution is 5.95. The number of carbonyl (C=O) groups excluding carboxylic acids is 1. The van der Waals surface area contributed by atoms with Crippen molar-refractivity contribution in [1.82, 2.24) is 29.9 Å². The smallest absolute Gasteiger partial charge is 0.387 e. The van der Waals surface area contributed by atoms with Crippen LogP contribution in [0.15, 0.2) is 36.8 Å². The number of aromatic amines is 1. The zero-order chi connectivity index (χ0) is 23.8. The Hall–Kier alpha value is -3.93. The quantitative estimate of drug-likeness (QED) is 0.429. The highest BCUT2D eigenvalue weighted by Crippen LogP contribution is 2.37. The molecule has 0 radical (unpaired) electrons. The number of ether oxygens (including phenoxy) is 1. The van der Waals surface area contributed by atoms with E-state index >= 15 is 4.39 Å². The normalized spacial score (nSPS) is 13.9. The van der Waals surface area contributed by atoms with Crippen molar-refractivity contribution in [2.24, 2.45) is 7.05 Å². The third-order valence-electron chi connectivity index (χ3n) is 5.55. The number of halogens is 3. The minimum atomic E-state index is -3.20. The SMILES string of the molecule is Cn1cc(-c2n[nH]c3cnc(-c4c(F)cc(NC(=O)CN5CCC5)cc4OC(F)F)cc23)cn1. The lowest BCUT2D eigenvalue weighted by atomic mass is 10.1. The number of anilines is 1. The summed E-state index contributed by atoms with van der Waals surface area (Å²) in [6.07, 6.45) is 5.84. The Morgan fingerprint density at radius 1 is 1.26 bits per heavy atom. The van der Waals surface area contributed by atoms with Crippen LogP contribution < -0.4 is 10.1 Å². The van der Waals surface area contributed by atoms with E-state index < -0.39 is 18.2 Å². The van der Waals surface area contributed by atoms with Gasteiger partial charge in [0.15, 0.2) is 0 Å². The van der Waals surface area contributed by atoms with Crippen LogP contribution in [0.1, 0.15) is 6.42 Å². The molecular formula is C22H20F3N7O2. The van der Waals surface area contributed by atoms with Crippen molar-refractivity contribution in [3.05, 3.63) is 42.6 Å². The molecule has 1 fully saturated rings. The van der Waals surface area contributed by atoms with E-state index in [9.17, 15) is 13.6 Å². The average molecular weight is 471 g/mol. The fraction of sp³-hybridized carbons (Fsp3) is 0.273. The van der Waals surface area contributed by atoms with E-state index in [4.69, 9.17) is 0 Å². The fourth-order valence-corrected chi connectivity index (χ4v) is 3.85. The Balaban J connectivity index is 1.53. The third-order valence-corrected chi connectivity index (χ3v) is 5.55. The lowest BCUT2D eigenvalue weighted by Crippen LogP contribution is -2.42. The second-order valence-corrected chi connectivity index (χ2v) is 7.98. The van der Waals surface area contributed by atoms with Gasteiger partial charge in [0, 0.05) is 35.9 Å². The first kappa shape index (κ1) is 21.9. The van der Waals surface area contributed by atoms with Crippen LogP contribution in [0.25, 0.3) is 33.4 Å². The summed E-state index contributed by atoms with van der Waals surface area (Å²) in [5.74, 6) is -1.67. The molecule has 34 heavy (non-hydrogen) atoms. The largest absolute Gasteiger partial charge is 0.434 e. The van der Waals surface area contributed by atoms with Crippen LogP contribution >= 0.6 is 0 Å². The molecule has 0 atom stereocenters. The van der Waals surface area contributed by atoms with E-state index in [1.165, 1.54) is 12.3 Å². The molecule has 0 aliphatic carbocycles. The number of H-pyrrole nitrogens is 1. The average Bonchev–Trinajstić information content (AvgIpc) is 3.35. The van der Waals surface area contributed by atoms with Gasteiger partial charge in [0.2, 0.25) is 5.91 Å². The van der Waals surface area contributed by atoms with Crippen molar-refractivity contribution in [2.45, 2.75) is 13.0 Å². The Kier molecular flexibility index (Phi) is 5.65. The number of hydrogen-bond acceptors (Lipinski definition) is 6. The Morgan fingerprint density at radius 3 is 2.76 bits per heavy atom. The van der Waals surface area contributed by atoms with Gasteiger partial charge in [0.1, 0.15) is 17.3 Å². The number of fused-ring (bicyclic) bond motifs is 1. The van der Waals surface area contributed by atoms with Crippen LogP contribution in [0.2, 0.25) is 0 Å². The molecule has 1 saturated heterocycles. The predicted molar refractivity (Wildman–Crippen MR) is 118 cm³/mol. The van der Waals surface area contributed by atoms with Gasteiger partial charge >= 0.3 is 6.61 Å². The molecule has 3 aromatic heterocycles. The number of aromatic nitrogens is 5. The van der Waals surface area contributed by atoms with Gasteiger partial charge in [-0.15, -0.1) is 0 Å². The highest BCUT2D eigenvalue weighted by atomic mass is 19.3. The number of nitrogens with one attached hydrogen (secondary N) is 2. The van der Waals surface area contributed by atoms with E-state index in [1.54, 1.807) is 30.2 Å². The van der Waals surface area contributed by atoms with Crippen molar-refractivity contribution in [3.8, 4) is 28.3 Å². The molecule has 0 bridgehead atoms. The molecule has 0 spiro atoms. The lowest BCUT2D eigenvalue weighted by Gasteiger charge is -2.29. The van der Waals surface area contributed by atoms with E-state index in [2.05, 4.69) is 30.3 Å². The van der Waals surface area contributed by atoms with Crippen LogP contribution in [0.4, 0.5) is 18.9 Å². The minimum Gasteiger partial charge on any atom is -0.434 e. The Morgan fingerprint density at radius 2 is 2.09 bits per heavy atom. The number of nitrogens with zero attached hydrogens (tertiary/aromatic N) is 5. The standard InChI is InChI=1S/C22H20F3N7O2/c1-31-10-12(8-27-31)21-14-7-16(26-9-17(14)29-30-21)20-15(23)5-13(6-18(20)34-22(24)25)28-19(33)11-32-3-2-4-32/h5-10,22H,2-4,11H2,1H3,(H,28,33)(H,29,30). The second kappa shape index (κ2) is 8.78. The predicted octanol–water partition coefficient (Wildman–Crippen LogP) is 3.41. The number of amides is 1. The Labute approximate surface area is 191 Å². The van der Waals surface area contributed by atoms with Gasteiger partial charge in [-0.25, -0.2) is 4.39 Å². The van der Waals surface area contributed by atoms with E-state index in [1.807, 2.05) is 4.90 Å². The molecule has 1 aliphatic rings. The molecule has 1 aliphatic heterocycles. The van der Waals surface area contributed by atoms with E-state index in [-0.39, 0.29) is 29.4 Å². The van der Waals surface area contributed by atoms with Gasteiger partial charge in [0.25, 0.3) is 0 Å². The number of pyridine rings is 1. The van der Waals surface area contributed by atoms with Crippen molar-refractivity contribution < 1.29 is 22.7 Å². The summed E-state index contributed by atoms with van der Waals surface area (Å²) in [7, 11) is 1.76. The molecule has 4 heterocycles. The zero-order valence-corrected chi connectivity index (χ0v) is 18.1. The summed E-state index contributed by atoms with van der Waals surface area (Å²) >= 11 is 0. The maximum Gasteiger partial charge on any atom is 0.387 e. The van der Waals surface area contributed by atoms with Gasteiger partial charge in [-0.1, -0.05) is 0 Å². The maximum atomic E-state index is 15.2. The molecule has 176 valence electrons. The number of rotatable bonds is 7. The molecular weight excluding hydrogens is 451 g/mol. The van der Waals surface area contributed by atoms with Crippen LogP contribution in [-0.4, -0.2) is 62.0 Å². The van der Waals surface area contributed by atoms with Gasteiger partial charge in [-0.2, -0.15) is 19.0 Å². The molecule has 1 aromatic carbocycles. The topological polar surface area (TPSA) is 101 Å². The fourth-order valence-electron chi connectivity index (χ4n) is 3.85. The van der Waals surface area contributed by atoms with Crippen molar-refractivity contribution in [2.75, 3.05) is 25.0 Å². The molecule has 1 amide bonds. The first-order valence-electron chi connectivity index (χ1n) is 10.5.